The Hall–Kier alpha value is -3.13. The molecule has 4 rings (SSSR count). The predicted octanol–water partition coefficient (Wildman–Crippen LogP) is 3.58. The Bertz CT molecular complexity index is 1180. The van der Waals surface area contributed by atoms with Crippen molar-refractivity contribution in [1.82, 2.24) is 24.7 Å². The molecule has 0 radical (unpaired) electrons. The lowest BCUT2D eigenvalue weighted by Crippen LogP contribution is -2.13. The van der Waals surface area contributed by atoms with Crippen LogP contribution in [0.4, 0.5) is 0 Å². The summed E-state index contributed by atoms with van der Waals surface area (Å²) in [7, 11) is 3.56. The first-order valence-electron chi connectivity index (χ1n) is 8.76. The van der Waals surface area contributed by atoms with Gasteiger partial charge in [0.15, 0.2) is 11.0 Å². The summed E-state index contributed by atoms with van der Waals surface area (Å²) in [5.41, 5.74) is 1.50. The highest BCUT2D eigenvalue weighted by molar-refractivity contribution is 7.99. The topological polar surface area (TPSA) is 85.7 Å². The van der Waals surface area contributed by atoms with E-state index in [-0.39, 0.29) is 10.8 Å². The van der Waals surface area contributed by atoms with Gasteiger partial charge in [-0.05, 0) is 43.3 Å². The van der Waals surface area contributed by atoms with Gasteiger partial charge in [0.1, 0.15) is 11.6 Å². The molecule has 7 nitrogen and oxygen atoms in total. The van der Waals surface area contributed by atoms with E-state index in [1.807, 2.05) is 61.0 Å². The number of para-hydroxylation sites is 1. The summed E-state index contributed by atoms with van der Waals surface area (Å²) in [5, 5.41) is 9.86. The van der Waals surface area contributed by atoms with Crippen LogP contribution in [0.2, 0.25) is 0 Å². The first-order chi connectivity index (χ1) is 13.6. The van der Waals surface area contributed by atoms with E-state index in [4.69, 9.17) is 4.74 Å². The minimum Gasteiger partial charge on any atom is -0.497 e. The van der Waals surface area contributed by atoms with Gasteiger partial charge >= 0.3 is 0 Å². The van der Waals surface area contributed by atoms with Crippen molar-refractivity contribution in [2.75, 3.05) is 7.11 Å². The van der Waals surface area contributed by atoms with Crippen molar-refractivity contribution < 1.29 is 4.74 Å². The zero-order valence-electron chi connectivity index (χ0n) is 15.7. The van der Waals surface area contributed by atoms with Crippen LogP contribution in [0, 0.1) is 0 Å². The quantitative estimate of drug-likeness (QED) is 0.522. The molecule has 0 saturated heterocycles. The maximum atomic E-state index is 12.3. The van der Waals surface area contributed by atoms with Crippen LogP contribution in [0.5, 0.6) is 5.75 Å². The highest BCUT2D eigenvalue weighted by Gasteiger charge is 2.18. The van der Waals surface area contributed by atoms with E-state index < -0.39 is 0 Å². The first kappa shape index (κ1) is 18.2. The number of hydrogen-bond acceptors (Lipinski definition) is 6. The number of aromatic nitrogens is 5. The van der Waals surface area contributed by atoms with E-state index in [0.29, 0.717) is 16.7 Å². The van der Waals surface area contributed by atoms with Crippen molar-refractivity contribution in [3.8, 4) is 17.1 Å². The minimum atomic E-state index is -0.134. The van der Waals surface area contributed by atoms with Gasteiger partial charge in [0.05, 0.1) is 23.3 Å². The van der Waals surface area contributed by atoms with E-state index >= 15 is 0 Å². The summed E-state index contributed by atoms with van der Waals surface area (Å²) < 4.78 is 7.13. The number of H-pyrrole nitrogens is 1. The Morgan fingerprint density at radius 3 is 2.61 bits per heavy atom. The van der Waals surface area contributed by atoms with Gasteiger partial charge in [-0.25, -0.2) is 4.98 Å². The van der Waals surface area contributed by atoms with Gasteiger partial charge < -0.3 is 14.3 Å². The Morgan fingerprint density at radius 2 is 1.86 bits per heavy atom. The molecule has 0 fully saturated rings. The molecule has 0 spiro atoms. The number of hydrogen-bond donors (Lipinski definition) is 1. The summed E-state index contributed by atoms with van der Waals surface area (Å²) in [6.07, 6.45) is 0. The molecule has 2 heterocycles. The molecule has 2 aromatic heterocycles. The molecule has 4 aromatic rings. The number of nitrogens with one attached hydrogen (secondary N) is 1. The van der Waals surface area contributed by atoms with Crippen molar-refractivity contribution in [2.45, 2.75) is 17.3 Å². The van der Waals surface area contributed by atoms with Crippen LogP contribution in [-0.4, -0.2) is 31.8 Å². The number of ether oxygens (including phenoxy) is 1. The molecule has 0 aliphatic carbocycles. The number of fused-ring (bicyclic) bond motifs is 1. The van der Waals surface area contributed by atoms with Crippen LogP contribution >= 0.6 is 11.8 Å². The molecule has 1 atom stereocenters. The van der Waals surface area contributed by atoms with Gasteiger partial charge in [-0.1, -0.05) is 23.9 Å². The molecule has 8 heteroatoms. The lowest BCUT2D eigenvalue weighted by atomic mass is 10.2. The third-order valence-electron chi connectivity index (χ3n) is 4.48. The molecule has 2 aromatic carbocycles. The van der Waals surface area contributed by atoms with Crippen LogP contribution < -0.4 is 10.3 Å². The number of rotatable bonds is 5. The zero-order chi connectivity index (χ0) is 19.7. The third kappa shape index (κ3) is 3.38. The van der Waals surface area contributed by atoms with Crippen molar-refractivity contribution in [2.24, 2.45) is 7.05 Å². The number of methoxy groups -OCH3 is 1. The lowest BCUT2D eigenvalue weighted by molar-refractivity contribution is 0.415. The Kier molecular flexibility index (Phi) is 4.87. The predicted molar refractivity (Wildman–Crippen MR) is 110 cm³/mol. The van der Waals surface area contributed by atoms with Crippen molar-refractivity contribution in [1.29, 1.82) is 0 Å². The average Bonchev–Trinajstić information content (AvgIpc) is 3.08. The summed E-state index contributed by atoms with van der Waals surface area (Å²) in [5.74, 6) is 2.17. The Balaban J connectivity index is 1.61. The van der Waals surface area contributed by atoms with E-state index in [1.54, 1.807) is 13.2 Å². The zero-order valence-corrected chi connectivity index (χ0v) is 16.5. The fraction of sp³-hybridized carbons (Fsp3) is 0.200. The second-order valence-electron chi connectivity index (χ2n) is 6.32. The van der Waals surface area contributed by atoms with Crippen LogP contribution in [-0.2, 0) is 7.05 Å². The molecule has 142 valence electrons. The minimum absolute atomic E-state index is 0.0936. The monoisotopic (exact) mass is 393 g/mol. The number of nitrogens with zero attached hydrogens (tertiary/aromatic N) is 4. The molecule has 0 aliphatic rings. The van der Waals surface area contributed by atoms with Crippen LogP contribution in [0.25, 0.3) is 22.3 Å². The summed E-state index contributed by atoms with van der Waals surface area (Å²) in [6, 6.07) is 15.0. The standard InChI is InChI=1S/C20H19N5O2S/c1-12(17-21-16-7-5-4-6-15(16)19(26)22-17)28-20-24-23-18(25(20)2)13-8-10-14(27-3)11-9-13/h4-12H,1-3H3,(H,21,22,26)/t12-/m1/s1. The smallest absolute Gasteiger partial charge is 0.258 e. The van der Waals surface area contributed by atoms with E-state index in [1.165, 1.54) is 11.8 Å². The molecule has 28 heavy (non-hydrogen) atoms. The van der Waals surface area contributed by atoms with Crippen LogP contribution in [0.1, 0.15) is 18.0 Å². The van der Waals surface area contributed by atoms with Crippen LogP contribution in [0.15, 0.2) is 58.5 Å². The molecule has 0 unspecified atom stereocenters. The molecule has 0 saturated carbocycles. The average molecular weight is 393 g/mol. The summed E-state index contributed by atoms with van der Waals surface area (Å²) in [4.78, 5) is 19.8. The molecule has 1 N–H and O–H groups in total. The van der Waals surface area contributed by atoms with Gasteiger partial charge in [-0.2, -0.15) is 0 Å². The largest absolute Gasteiger partial charge is 0.497 e. The second kappa shape index (κ2) is 7.47. The maximum absolute atomic E-state index is 12.3. The first-order valence-corrected chi connectivity index (χ1v) is 9.64. The lowest BCUT2D eigenvalue weighted by Gasteiger charge is -2.11. The molecule has 0 bridgehead atoms. The maximum Gasteiger partial charge on any atom is 0.258 e. The van der Waals surface area contributed by atoms with Crippen LogP contribution in [0.3, 0.4) is 0 Å². The van der Waals surface area contributed by atoms with E-state index in [9.17, 15) is 4.79 Å². The number of aromatic amines is 1. The SMILES string of the molecule is COc1ccc(-c2nnc(S[C@H](C)c3nc4ccccc4c(=O)[nH]3)n2C)cc1. The molecule has 0 aliphatic heterocycles. The number of thioether (sulfide) groups is 1. The van der Waals surface area contributed by atoms with Crippen molar-refractivity contribution in [3.05, 3.63) is 64.7 Å². The molecule has 0 amide bonds. The number of benzene rings is 2. The van der Waals surface area contributed by atoms with Crippen molar-refractivity contribution >= 4 is 22.7 Å². The van der Waals surface area contributed by atoms with Gasteiger partial charge in [0.25, 0.3) is 5.56 Å². The summed E-state index contributed by atoms with van der Waals surface area (Å²) in [6.45, 7) is 1.99. The van der Waals surface area contributed by atoms with E-state index in [0.717, 1.165) is 22.3 Å². The van der Waals surface area contributed by atoms with E-state index in [2.05, 4.69) is 20.2 Å². The fourth-order valence-electron chi connectivity index (χ4n) is 2.92. The van der Waals surface area contributed by atoms with Gasteiger partial charge in [0, 0.05) is 12.6 Å². The highest BCUT2D eigenvalue weighted by Crippen LogP contribution is 2.33. The van der Waals surface area contributed by atoms with Gasteiger partial charge in [0.2, 0.25) is 0 Å². The normalized spacial score (nSPS) is 12.2. The molecular formula is C20H19N5O2S. The van der Waals surface area contributed by atoms with Crippen molar-refractivity contribution in [3.63, 3.8) is 0 Å². The highest BCUT2D eigenvalue weighted by atomic mass is 32.2. The van der Waals surface area contributed by atoms with Gasteiger partial charge in [-0.3, -0.25) is 4.79 Å². The summed E-state index contributed by atoms with van der Waals surface area (Å²) >= 11 is 1.50. The third-order valence-corrected chi connectivity index (χ3v) is 5.62. The molecular weight excluding hydrogens is 374 g/mol. The second-order valence-corrected chi connectivity index (χ2v) is 7.63. The Morgan fingerprint density at radius 1 is 1.11 bits per heavy atom. The fourth-order valence-corrected chi connectivity index (χ4v) is 3.79. The Labute approximate surface area is 165 Å². The van der Waals surface area contributed by atoms with Gasteiger partial charge in [-0.15, -0.1) is 10.2 Å².